The van der Waals surface area contributed by atoms with Crippen LogP contribution in [0.1, 0.15) is 10.4 Å². The Kier molecular flexibility index (Phi) is 3.87. The average Bonchev–Trinajstić information content (AvgIpc) is 2.15. The molecule has 0 heterocycles. The maximum atomic E-state index is 11.7. The number of hydrogen-bond donors (Lipinski definition) is 2. The van der Waals surface area contributed by atoms with Gasteiger partial charge in [-0.05, 0) is 24.4 Å². The quantitative estimate of drug-likeness (QED) is 0.349. The van der Waals surface area contributed by atoms with E-state index in [2.05, 4.69) is 12.2 Å². The zero-order valence-corrected chi connectivity index (χ0v) is 9.73. The Bertz CT molecular complexity index is 404. The minimum Gasteiger partial charge on any atom is -0.375 e. The van der Waals surface area contributed by atoms with E-state index in [9.17, 15) is 4.79 Å². The first-order valence-electron chi connectivity index (χ1n) is 3.77. The van der Waals surface area contributed by atoms with Crippen molar-refractivity contribution in [2.45, 2.75) is 0 Å². The van der Waals surface area contributed by atoms with Crippen molar-refractivity contribution in [3.63, 3.8) is 0 Å². The Labute approximate surface area is 102 Å². The molecule has 0 aliphatic rings. The van der Waals surface area contributed by atoms with Crippen LogP contribution in [-0.2, 0) is 0 Å². The Morgan fingerprint density at radius 1 is 1.33 bits per heavy atom. The van der Waals surface area contributed by atoms with E-state index >= 15 is 0 Å². The van der Waals surface area contributed by atoms with Crippen LogP contribution in [0.3, 0.4) is 0 Å². The van der Waals surface area contributed by atoms with Gasteiger partial charge in [-0.15, -0.1) is 0 Å². The standard InChI is InChI=1S/C8H7Cl2N3OS/c9-4-2-1-3-5(10)6(4)7(14)13(12)8(11)15/h1-3H,12H2,(H2,11,15). The topological polar surface area (TPSA) is 72.3 Å². The molecule has 4 N–H and O–H groups in total. The molecule has 0 spiro atoms. The molecule has 0 radical (unpaired) electrons. The lowest BCUT2D eigenvalue weighted by atomic mass is 10.2. The third kappa shape index (κ3) is 2.57. The van der Waals surface area contributed by atoms with E-state index in [1.165, 1.54) is 12.1 Å². The first-order chi connectivity index (χ1) is 6.95. The van der Waals surface area contributed by atoms with E-state index in [0.717, 1.165) is 0 Å². The summed E-state index contributed by atoms with van der Waals surface area (Å²) in [5.41, 5.74) is 5.28. The fourth-order valence-electron chi connectivity index (χ4n) is 0.923. The number of hydrogen-bond acceptors (Lipinski definition) is 3. The molecule has 1 rings (SSSR count). The normalized spacial score (nSPS) is 9.80. The summed E-state index contributed by atoms with van der Waals surface area (Å²) >= 11 is 16.2. The zero-order valence-electron chi connectivity index (χ0n) is 7.41. The van der Waals surface area contributed by atoms with Gasteiger partial charge in [-0.3, -0.25) is 4.79 Å². The van der Waals surface area contributed by atoms with Gasteiger partial charge in [0.1, 0.15) is 0 Å². The molecule has 0 bridgehead atoms. The van der Waals surface area contributed by atoms with Crippen LogP contribution in [0.4, 0.5) is 0 Å². The lowest BCUT2D eigenvalue weighted by Crippen LogP contribution is -2.45. The van der Waals surface area contributed by atoms with Gasteiger partial charge in [-0.25, -0.2) is 10.9 Å². The molecule has 0 saturated heterocycles. The molecule has 15 heavy (non-hydrogen) atoms. The summed E-state index contributed by atoms with van der Waals surface area (Å²) < 4.78 is 0. The van der Waals surface area contributed by atoms with Crippen LogP contribution >= 0.6 is 35.4 Å². The van der Waals surface area contributed by atoms with Crippen LogP contribution in [0, 0.1) is 0 Å². The highest BCUT2D eigenvalue weighted by atomic mass is 35.5. The van der Waals surface area contributed by atoms with Crippen molar-refractivity contribution in [1.82, 2.24) is 5.01 Å². The van der Waals surface area contributed by atoms with E-state index in [1.807, 2.05) is 0 Å². The fourth-order valence-corrected chi connectivity index (χ4v) is 1.56. The second-order valence-electron chi connectivity index (χ2n) is 2.61. The first kappa shape index (κ1) is 12.2. The summed E-state index contributed by atoms with van der Waals surface area (Å²) in [5, 5.41) is 0.747. The highest BCUT2D eigenvalue weighted by Gasteiger charge is 2.20. The third-order valence-electron chi connectivity index (χ3n) is 1.63. The number of rotatable bonds is 1. The first-order valence-corrected chi connectivity index (χ1v) is 4.94. The van der Waals surface area contributed by atoms with Crippen LogP contribution in [0.25, 0.3) is 0 Å². The number of nitrogens with zero attached hydrogens (tertiary/aromatic N) is 1. The Balaban J connectivity index is 3.17. The van der Waals surface area contributed by atoms with Crippen molar-refractivity contribution in [1.29, 1.82) is 0 Å². The number of thiocarbonyl (C=S) groups is 1. The van der Waals surface area contributed by atoms with E-state index < -0.39 is 5.91 Å². The maximum absolute atomic E-state index is 11.7. The number of benzene rings is 1. The molecular weight excluding hydrogens is 257 g/mol. The van der Waals surface area contributed by atoms with Gasteiger partial charge in [0.15, 0.2) is 5.11 Å². The average molecular weight is 264 g/mol. The van der Waals surface area contributed by atoms with E-state index in [4.69, 9.17) is 34.8 Å². The van der Waals surface area contributed by atoms with E-state index in [1.54, 1.807) is 6.07 Å². The number of hydrazine groups is 1. The van der Waals surface area contributed by atoms with Gasteiger partial charge in [-0.2, -0.15) is 0 Å². The van der Waals surface area contributed by atoms with Gasteiger partial charge in [0, 0.05) is 0 Å². The van der Waals surface area contributed by atoms with E-state index in [0.29, 0.717) is 5.01 Å². The SMILES string of the molecule is NC(=S)N(N)C(=O)c1c(Cl)cccc1Cl. The molecule has 0 atom stereocenters. The molecule has 0 unspecified atom stereocenters. The monoisotopic (exact) mass is 263 g/mol. The minimum atomic E-state index is -0.641. The van der Waals surface area contributed by atoms with Gasteiger partial charge in [0.2, 0.25) is 0 Å². The number of amides is 1. The highest BCUT2D eigenvalue weighted by molar-refractivity contribution is 7.80. The predicted octanol–water partition coefficient (Wildman–Crippen LogP) is 1.55. The molecule has 1 aromatic rings. The van der Waals surface area contributed by atoms with Gasteiger partial charge in [0.25, 0.3) is 5.91 Å². The van der Waals surface area contributed by atoms with Crippen molar-refractivity contribution in [2.75, 3.05) is 0 Å². The predicted molar refractivity (Wildman–Crippen MR) is 63.6 cm³/mol. The summed E-state index contributed by atoms with van der Waals surface area (Å²) in [4.78, 5) is 11.7. The van der Waals surface area contributed by atoms with Crippen molar-refractivity contribution in [3.05, 3.63) is 33.8 Å². The molecule has 4 nitrogen and oxygen atoms in total. The van der Waals surface area contributed by atoms with Crippen molar-refractivity contribution in [3.8, 4) is 0 Å². The molecule has 0 aliphatic heterocycles. The van der Waals surface area contributed by atoms with Crippen LogP contribution in [-0.4, -0.2) is 16.0 Å². The molecular formula is C8H7Cl2N3OS. The maximum Gasteiger partial charge on any atom is 0.277 e. The second kappa shape index (κ2) is 4.76. The molecule has 0 aromatic heterocycles. The molecule has 1 aromatic carbocycles. The van der Waals surface area contributed by atoms with Crippen molar-refractivity contribution >= 4 is 46.4 Å². The molecule has 1 amide bonds. The molecule has 0 aliphatic carbocycles. The van der Waals surface area contributed by atoms with E-state index in [-0.39, 0.29) is 20.7 Å². The third-order valence-corrected chi connectivity index (χ3v) is 2.46. The van der Waals surface area contributed by atoms with Crippen LogP contribution in [0.5, 0.6) is 0 Å². The van der Waals surface area contributed by atoms with Gasteiger partial charge in [0.05, 0.1) is 15.6 Å². The second-order valence-corrected chi connectivity index (χ2v) is 3.84. The number of halogens is 2. The van der Waals surface area contributed by atoms with Crippen molar-refractivity contribution in [2.24, 2.45) is 11.6 Å². The smallest absolute Gasteiger partial charge is 0.277 e. The van der Waals surface area contributed by atoms with Crippen LogP contribution in [0.15, 0.2) is 18.2 Å². The molecule has 80 valence electrons. The summed E-state index contributed by atoms with van der Waals surface area (Å²) in [6, 6.07) is 4.66. The molecule has 0 saturated carbocycles. The van der Waals surface area contributed by atoms with Gasteiger partial charge < -0.3 is 5.73 Å². The Morgan fingerprint density at radius 2 is 1.80 bits per heavy atom. The molecule has 0 fully saturated rings. The summed E-state index contributed by atoms with van der Waals surface area (Å²) in [7, 11) is 0. The molecule has 7 heteroatoms. The largest absolute Gasteiger partial charge is 0.375 e. The van der Waals surface area contributed by atoms with Crippen LogP contribution in [0.2, 0.25) is 10.0 Å². The number of carbonyl (C=O) groups excluding carboxylic acids is 1. The number of carbonyl (C=O) groups is 1. The Hall–Kier alpha value is -0.880. The minimum absolute atomic E-state index is 0.0798. The van der Waals surface area contributed by atoms with Crippen LogP contribution < -0.4 is 11.6 Å². The summed E-state index contributed by atoms with van der Waals surface area (Å²) in [5.74, 6) is 4.69. The van der Waals surface area contributed by atoms with Gasteiger partial charge in [-0.1, -0.05) is 29.3 Å². The lowest BCUT2D eigenvalue weighted by Gasteiger charge is -2.15. The number of nitrogens with two attached hydrogens (primary N) is 2. The van der Waals surface area contributed by atoms with Crippen molar-refractivity contribution < 1.29 is 4.79 Å². The summed E-state index contributed by atoms with van der Waals surface area (Å²) in [6.45, 7) is 0. The summed E-state index contributed by atoms with van der Waals surface area (Å²) in [6.07, 6.45) is 0. The lowest BCUT2D eigenvalue weighted by molar-refractivity contribution is 0.0849. The fraction of sp³-hybridized carbons (Fsp3) is 0. The Morgan fingerprint density at radius 3 is 2.20 bits per heavy atom. The zero-order chi connectivity index (χ0) is 11.6. The highest BCUT2D eigenvalue weighted by Crippen LogP contribution is 2.24. The van der Waals surface area contributed by atoms with Gasteiger partial charge >= 0.3 is 0 Å².